The van der Waals surface area contributed by atoms with Gasteiger partial charge in [-0.3, -0.25) is 0 Å². The van der Waals surface area contributed by atoms with Gasteiger partial charge in [-0.05, 0) is 112 Å². The summed E-state index contributed by atoms with van der Waals surface area (Å²) in [5.74, 6) is 0. The van der Waals surface area contributed by atoms with Crippen LogP contribution in [0.1, 0.15) is 77.1 Å². The van der Waals surface area contributed by atoms with Gasteiger partial charge in [0.25, 0.3) is 0 Å². The highest BCUT2D eigenvalue weighted by Crippen LogP contribution is 2.39. The zero-order valence-corrected chi connectivity index (χ0v) is 19.1. The molecule has 1 heterocycles. The average molecular weight is 387 g/mol. The highest BCUT2D eigenvalue weighted by molar-refractivity contribution is 5.79. The van der Waals surface area contributed by atoms with Crippen molar-refractivity contribution in [3.05, 3.63) is 86.0 Å². The van der Waals surface area contributed by atoms with Crippen molar-refractivity contribution in [3.63, 3.8) is 0 Å². The zero-order chi connectivity index (χ0) is 21.3. The Morgan fingerprint density at radius 2 is 1.21 bits per heavy atom. The second-order valence-corrected chi connectivity index (χ2v) is 8.64. The first-order valence-electron chi connectivity index (χ1n) is 10.8. The van der Waals surface area contributed by atoms with E-state index in [4.69, 9.17) is 0 Å². The lowest BCUT2D eigenvalue weighted by Gasteiger charge is -2.14. The summed E-state index contributed by atoms with van der Waals surface area (Å²) in [7, 11) is 0. The molecule has 0 saturated heterocycles. The molecule has 0 saturated carbocycles. The van der Waals surface area contributed by atoms with Gasteiger partial charge in [0.1, 0.15) is 0 Å². The molecular formula is C27H34N2. The molecule has 1 aliphatic rings. The van der Waals surface area contributed by atoms with Gasteiger partial charge in [-0.2, -0.15) is 0 Å². The largest absolute Gasteiger partial charge is 0.493 e. The van der Waals surface area contributed by atoms with E-state index in [1.165, 1.54) is 56.5 Å². The molecule has 0 aliphatic carbocycles. The average Bonchev–Trinajstić information content (AvgIpc) is 3.00. The van der Waals surface area contributed by atoms with Crippen LogP contribution in [0.3, 0.4) is 0 Å². The second-order valence-electron chi connectivity index (χ2n) is 8.64. The third-order valence-electron chi connectivity index (χ3n) is 6.53. The third-order valence-corrected chi connectivity index (χ3v) is 6.53. The van der Waals surface area contributed by atoms with E-state index in [2.05, 4.69) is 78.8 Å². The Morgan fingerprint density at radius 3 is 1.69 bits per heavy atom. The molecule has 0 unspecified atom stereocenters. The van der Waals surface area contributed by atoms with E-state index >= 15 is 0 Å². The minimum atomic E-state index is 0.883. The Morgan fingerprint density at radius 1 is 0.724 bits per heavy atom. The Labute approximate surface area is 176 Å². The molecule has 2 aromatic carbocycles. The highest BCUT2D eigenvalue weighted by atomic mass is 15.2. The number of rotatable bonds is 6. The first-order valence-corrected chi connectivity index (χ1v) is 10.8. The molecule has 0 radical (unpaired) electrons. The van der Waals surface area contributed by atoms with E-state index in [-0.39, 0.29) is 0 Å². The summed E-state index contributed by atoms with van der Waals surface area (Å²) in [6, 6.07) is 8.80. The number of benzene rings is 2. The summed E-state index contributed by atoms with van der Waals surface area (Å²) < 4.78 is 1.42. The van der Waals surface area contributed by atoms with Crippen molar-refractivity contribution in [2.75, 3.05) is 0 Å². The van der Waals surface area contributed by atoms with Crippen molar-refractivity contribution in [2.45, 2.75) is 74.1 Å². The molecule has 0 N–H and O–H groups in total. The van der Waals surface area contributed by atoms with Crippen LogP contribution in [0.25, 0.3) is 16.9 Å². The van der Waals surface area contributed by atoms with Gasteiger partial charge in [-0.1, -0.05) is 19.8 Å². The standard InChI is InChI=1S/C27H34N2/c1-8-9-10-11-23-16-26(24-12-17(2)21(6)18(3)13-24)29(28)27(23)25-14-19(4)22(7)20(5)15-25/h12-16H,8-11H2,1-7H3. The molecular weight excluding hydrogens is 352 g/mol. The molecule has 1 aliphatic heterocycles. The molecule has 0 spiro atoms. The number of hydrogen-bond acceptors (Lipinski definition) is 0. The number of aryl methyl sites for hydroxylation is 4. The molecule has 0 bridgehead atoms. The van der Waals surface area contributed by atoms with Crippen LogP contribution < -0.4 is 0 Å². The van der Waals surface area contributed by atoms with Crippen molar-refractivity contribution in [2.24, 2.45) is 0 Å². The maximum Gasteiger partial charge on any atom is 0.210 e. The van der Waals surface area contributed by atoms with Crippen LogP contribution in [0.4, 0.5) is 0 Å². The van der Waals surface area contributed by atoms with Gasteiger partial charge in [-0.15, -0.1) is 0 Å². The molecule has 29 heavy (non-hydrogen) atoms. The molecule has 3 rings (SSSR count). The summed E-state index contributed by atoms with van der Waals surface area (Å²) >= 11 is 0. The molecule has 0 aromatic heterocycles. The van der Waals surface area contributed by atoms with Crippen molar-refractivity contribution in [1.82, 2.24) is 0 Å². The van der Waals surface area contributed by atoms with Gasteiger partial charge in [0.15, 0.2) is 0 Å². The quantitative estimate of drug-likeness (QED) is 0.356. The molecule has 2 aromatic rings. The molecule has 0 amide bonds. The first kappa shape index (κ1) is 21.2. The van der Waals surface area contributed by atoms with Crippen LogP contribution in [-0.4, -0.2) is 4.70 Å². The lowest BCUT2D eigenvalue weighted by atomic mass is 9.96. The van der Waals surface area contributed by atoms with Crippen LogP contribution >= 0.6 is 0 Å². The third kappa shape index (κ3) is 4.12. The fourth-order valence-electron chi connectivity index (χ4n) is 4.18. The van der Waals surface area contributed by atoms with E-state index < -0.39 is 0 Å². The highest BCUT2D eigenvalue weighted by Gasteiger charge is 2.29. The maximum atomic E-state index is 11.3. The predicted molar refractivity (Wildman–Crippen MR) is 124 cm³/mol. The van der Waals surface area contributed by atoms with Gasteiger partial charge in [-0.25, -0.2) is 4.70 Å². The zero-order valence-electron chi connectivity index (χ0n) is 19.1. The Hall–Kier alpha value is -2.48. The Kier molecular flexibility index (Phi) is 6.21. The summed E-state index contributed by atoms with van der Waals surface area (Å²) in [5.41, 5.74) is 24.2. The molecule has 0 fully saturated rings. The lowest BCUT2D eigenvalue weighted by molar-refractivity contribution is -0.344. The van der Waals surface area contributed by atoms with Gasteiger partial charge < -0.3 is 5.53 Å². The minimum Gasteiger partial charge on any atom is -0.493 e. The van der Waals surface area contributed by atoms with Crippen molar-refractivity contribution < 1.29 is 4.70 Å². The number of hydrogen-bond donors (Lipinski definition) is 0. The van der Waals surface area contributed by atoms with Crippen LogP contribution in [0, 0.1) is 41.5 Å². The summed E-state index contributed by atoms with van der Waals surface area (Å²) in [5, 5.41) is 0. The van der Waals surface area contributed by atoms with Crippen molar-refractivity contribution >= 4 is 11.4 Å². The van der Waals surface area contributed by atoms with Gasteiger partial charge in [0.05, 0.1) is 0 Å². The van der Waals surface area contributed by atoms with Crippen LogP contribution in [0.5, 0.6) is 0 Å². The monoisotopic (exact) mass is 386 g/mol. The number of allylic oxidation sites excluding steroid dienone is 2. The van der Waals surface area contributed by atoms with Crippen LogP contribution in [0.15, 0.2) is 35.9 Å². The maximum absolute atomic E-state index is 11.3. The summed E-state index contributed by atoms with van der Waals surface area (Å²) in [4.78, 5) is 0. The van der Waals surface area contributed by atoms with Gasteiger partial charge in [0.2, 0.25) is 11.4 Å². The van der Waals surface area contributed by atoms with Crippen molar-refractivity contribution in [1.29, 1.82) is 0 Å². The Balaban J connectivity index is 2.09. The van der Waals surface area contributed by atoms with Gasteiger partial charge >= 0.3 is 0 Å². The summed E-state index contributed by atoms with van der Waals surface area (Å²) in [6.45, 7) is 15.2. The van der Waals surface area contributed by atoms with Crippen LogP contribution in [-0.2, 0) is 0 Å². The molecule has 152 valence electrons. The number of unbranched alkanes of at least 4 members (excludes halogenated alkanes) is 2. The Bertz CT molecular complexity index is 988. The molecule has 2 nitrogen and oxygen atoms in total. The fourth-order valence-corrected chi connectivity index (χ4v) is 4.18. The van der Waals surface area contributed by atoms with Crippen molar-refractivity contribution in [3.8, 4) is 0 Å². The molecule has 0 atom stereocenters. The lowest BCUT2D eigenvalue weighted by Crippen LogP contribution is -2.04. The predicted octanol–water partition coefficient (Wildman–Crippen LogP) is 7.92. The van der Waals surface area contributed by atoms with E-state index in [9.17, 15) is 5.53 Å². The van der Waals surface area contributed by atoms with E-state index in [1.54, 1.807) is 0 Å². The molecule has 2 heteroatoms. The van der Waals surface area contributed by atoms with E-state index in [0.29, 0.717) is 0 Å². The SMILES string of the molecule is CCCCCC1=C(c2cc(C)c(C)c(C)c2)[N+](=[N-])C(c2cc(C)c(C)c(C)c2)=C1. The van der Waals surface area contributed by atoms with Gasteiger partial charge in [0, 0.05) is 22.8 Å². The minimum absolute atomic E-state index is 0.883. The normalized spacial score (nSPS) is 14.0. The van der Waals surface area contributed by atoms with E-state index in [1.807, 2.05) is 0 Å². The summed E-state index contributed by atoms with van der Waals surface area (Å²) in [6.07, 6.45) is 6.72. The van der Waals surface area contributed by atoms with E-state index in [0.717, 1.165) is 35.4 Å². The smallest absolute Gasteiger partial charge is 0.210 e. The van der Waals surface area contributed by atoms with Crippen LogP contribution in [0.2, 0.25) is 0 Å². The first-order chi connectivity index (χ1) is 13.7. The topological polar surface area (TPSA) is 25.3 Å². The number of nitrogens with zero attached hydrogens (tertiary/aromatic N) is 2. The second kappa shape index (κ2) is 8.49. The fraction of sp³-hybridized carbons (Fsp3) is 0.407.